The van der Waals surface area contributed by atoms with Crippen molar-refractivity contribution in [3.8, 4) is 5.75 Å². The van der Waals surface area contributed by atoms with Crippen LogP contribution in [0.2, 0.25) is 0 Å². The van der Waals surface area contributed by atoms with Gasteiger partial charge in [-0.15, -0.1) is 0 Å². The zero-order valence-electron chi connectivity index (χ0n) is 13.9. The van der Waals surface area contributed by atoms with E-state index in [4.69, 9.17) is 4.74 Å². The monoisotopic (exact) mass is 337 g/mol. The maximum absolute atomic E-state index is 12.9. The number of rotatable bonds is 7. The Hall–Kier alpha value is -2.11. The molecule has 1 aromatic carbocycles. The number of carboxylic acid groups (broad SMARTS) is 1. The molecule has 0 saturated heterocycles. The highest BCUT2D eigenvalue weighted by molar-refractivity contribution is 5.83. The zero-order chi connectivity index (χ0) is 17.6. The first-order chi connectivity index (χ1) is 11.5. The van der Waals surface area contributed by atoms with Crippen LogP contribution >= 0.6 is 0 Å². The summed E-state index contributed by atoms with van der Waals surface area (Å²) in [6.07, 6.45) is 4.40. The largest absolute Gasteiger partial charge is 0.478 e. The number of aliphatic carboxylic acids is 1. The van der Waals surface area contributed by atoms with E-state index >= 15 is 0 Å². The second kappa shape index (κ2) is 8.13. The standard InChI is InChI=1S/C18H24FNO4/c1-2-18(10-4-3-5-11-18)17(23)20-12-15(16(21)22)24-14-8-6-13(19)7-9-14/h6-9,15H,2-5,10-12H2,1H3,(H,20,23)(H,21,22). The van der Waals surface area contributed by atoms with Gasteiger partial charge >= 0.3 is 5.97 Å². The first-order valence-electron chi connectivity index (χ1n) is 8.40. The van der Waals surface area contributed by atoms with Crippen molar-refractivity contribution in [3.05, 3.63) is 30.1 Å². The lowest BCUT2D eigenvalue weighted by Gasteiger charge is -2.35. The van der Waals surface area contributed by atoms with E-state index in [1.807, 2.05) is 6.92 Å². The topological polar surface area (TPSA) is 75.6 Å². The van der Waals surface area contributed by atoms with E-state index in [0.717, 1.165) is 38.5 Å². The second-order valence-electron chi connectivity index (χ2n) is 6.30. The van der Waals surface area contributed by atoms with Crippen LogP contribution in [-0.4, -0.2) is 29.6 Å². The van der Waals surface area contributed by atoms with Gasteiger partial charge in [-0.1, -0.05) is 26.2 Å². The molecule has 132 valence electrons. The molecule has 0 bridgehead atoms. The SMILES string of the molecule is CCC1(C(=O)NCC(Oc2ccc(F)cc2)C(=O)O)CCCCC1. The minimum absolute atomic E-state index is 0.0985. The molecule has 0 aromatic heterocycles. The number of carboxylic acids is 1. The van der Waals surface area contributed by atoms with Gasteiger partial charge < -0.3 is 15.2 Å². The molecular formula is C18H24FNO4. The van der Waals surface area contributed by atoms with Gasteiger partial charge in [0.1, 0.15) is 11.6 Å². The molecule has 1 fully saturated rings. The first-order valence-corrected chi connectivity index (χ1v) is 8.40. The highest BCUT2D eigenvalue weighted by Crippen LogP contribution is 2.39. The fourth-order valence-electron chi connectivity index (χ4n) is 3.20. The Morgan fingerprint density at radius 1 is 1.25 bits per heavy atom. The van der Waals surface area contributed by atoms with Gasteiger partial charge in [0.05, 0.1) is 6.54 Å². The lowest BCUT2D eigenvalue weighted by atomic mass is 9.71. The maximum Gasteiger partial charge on any atom is 0.346 e. The van der Waals surface area contributed by atoms with Crippen LogP contribution in [0.4, 0.5) is 4.39 Å². The molecule has 0 aliphatic heterocycles. The Balaban J connectivity index is 1.96. The van der Waals surface area contributed by atoms with Crippen molar-refractivity contribution in [2.45, 2.75) is 51.6 Å². The predicted octanol–water partition coefficient (Wildman–Crippen LogP) is 3.13. The summed E-state index contributed by atoms with van der Waals surface area (Å²) in [6.45, 7) is 1.88. The van der Waals surface area contributed by atoms with Gasteiger partial charge in [-0.05, 0) is 43.5 Å². The van der Waals surface area contributed by atoms with Crippen LogP contribution in [0.1, 0.15) is 45.4 Å². The summed E-state index contributed by atoms with van der Waals surface area (Å²) < 4.78 is 18.2. The van der Waals surface area contributed by atoms with Gasteiger partial charge in [-0.3, -0.25) is 4.79 Å². The van der Waals surface area contributed by atoms with Crippen molar-refractivity contribution in [2.24, 2.45) is 5.41 Å². The molecule has 1 aliphatic carbocycles. The quantitative estimate of drug-likeness (QED) is 0.801. The van der Waals surface area contributed by atoms with Gasteiger partial charge in [0.15, 0.2) is 0 Å². The van der Waals surface area contributed by atoms with E-state index in [0.29, 0.717) is 0 Å². The molecule has 24 heavy (non-hydrogen) atoms. The number of amides is 1. The number of ether oxygens (including phenoxy) is 1. The molecule has 1 amide bonds. The van der Waals surface area contributed by atoms with E-state index in [2.05, 4.69) is 5.32 Å². The third-order valence-electron chi connectivity index (χ3n) is 4.78. The van der Waals surface area contributed by atoms with Gasteiger partial charge in [0.2, 0.25) is 12.0 Å². The van der Waals surface area contributed by atoms with Crippen molar-refractivity contribution in [1.82, 2.24) is 5.32 Å². The van der Waals surface area contributed by atoms with Crippen LogP contribution in [0.15, 0.2) is 24.3 Å². The smallest absolute Gasteiger partial charge is 0.346 e. The molecule has 1 atom stereocenters. The molecule has 2 N–H and O–H groups in total. The lowest BCUT2D eigenvalue weighted by molar-refractivity contribution is -0.145. The zero-order valence-corrected chi connectivity index (χ0v) is 13.9. The number of benzene rings is 1. The van der Waals surface area contributed by atoms with Crippen molar-refractivity contribution in [2.75, 3.05) is 6.54 Å². The summed E-state index contributed by atoms with van der Waals surface area (Å²) in [5.74, 6) is -1.45. The number of hydrogen-bond acceptors (Lipinski definition) is 3. The summed E-state index contributed by atoms with van der Waals surface area (Å²) >= 11 is 0. The molecule has 1 saturated carbocycles. The van der Waals surface area contributed by atoms with Crippen LogP contribution in [-0.2, 0) is 9.59 Å². The number of hydrogen-bond donors (Lipinski definition) is 2. The highest BCUT2D eigenvalue weighted by Gasteiger charge is 2.38. The first kappa shape index (κ1) is 18.2. The molecular weight excluding hydrogens is 313 g/mol. The average molecular weight is 337 g/mol. The van der Waals surface area contributed by atoms with E-state index in [-0.39, 0.29) is 18.2 Å². The third kappa shape index (κ3) is 4.46. The fourth-order valence-corrected chi connectivity index (χ4v) is 3.20. The normalized spacial score (nSPS) is 17.8. The average Bonchev–Trinajstić information content (AvgIpc) is 2.60. The Bertz CT molecular complexity index is 567. The molecule has 1 aromatic rings. The van der Waals surface area contributed by atoms with Crippen LogP contribution < -0.4 is 10.1 Å². The summed E-state index contributed by atoms with van der Waals surface area (Å²) in [6, 6.07) is 5.12. The van der Waals surface area contributed by atoms with Crippen LogP contribution in [0, 0.1) is 11.2 Å². The van der Waals surface area contributed by atoms with Crippen molar-refractivity contribution in [1.29, 1.82) is 0 Å². The van der Waals surface area contributed by atoms with E-state index in [9.17, 15) is 19.1 Å². The summed E-state index contributed by atoms with van der Waals surface area (Å²) in [5, 5.41) is 12.0. The maximum atomic E-state index is 12.9. The highest BCUT2D eigenvalue weighted by atomic mass is 19.1. The summed E-state index contributed by atoms with van der Waals surface area (Å²) in [5.41, 5.74) is -0.392. The third-order valence-corrected chi connectivity index (χ3v) is 4.78. The van der Waals surface area contributed by atoms with Crippen LogP contribution in [0.3, 0.4) is 0 Å². The Kier molecular flexibility index (Phi) is 6.17. The Labute approximate surface area is 141 Å². The van der Waals surface area contributed by atoms with Crippen molar-refractivity contribution in [3.63, 3.8) is 0 Å². The van der Waals surface area contributed by atoms with Gasteiger partial charge in [0.25, 0.3) is 0 Å². The molecule has 0 radical (unpaired) electrons. The van der Waals surface area contributed by atoms with E-state index in [1.165, 1.54) is 24.3 Å². The van der Waals surface area contributed by atoms with Crippen LogP contribution in [0.5, 0.6) is 5.75 Å². The second-order valence-corrected chi connectivity index (χ2v) is 6.30. The molecule has 1 aliphatic rings. The molecule has 0 heterocycles. The predicted molar refractivity (Wildman–Crippen MR) is 87.3 cm³/mol. The number of carbonyl (C=O) groups excluding carboxylic acids is 1. The summed E-state index contributed by atoms with van der Waals surface area (Å²) in [7, 11) is 0. The summed E-state index contributed by atoms with van der Waals surface area (Å²) in [4.78, 5) is 23.9. The number of carbonyl (C=O) groups is 2. The molecule has 6 heteroatoms. The minimum atomic E-state index is -1.21. The van der Waals surface area contributed by atoms with Gasteiger partial charge in [0, 0.05) is 5.41 Å². The lowest BCUT2D eigenvalue weighted by Crippen LogP contribution is -2.47. The molecule has 2 rings (SSSR count). The van der Waals surface area contributed by atoms with Crippen molar-refractivity contribution >= 4 is 11.9 Å². The van der Waals surface area contributed by atoms with Gasteiger partial charge in [-0.25, -0.2) is 9.18 Å². The van der Waals surface area contributed by atoms with E-state index < -0.39 is 23.3 Å². The Morgan fingerprint density at radius 2 is 1.88 bits per heavy atom. The van der Waals surface area contributed by atoms with Crippen molar-refractivity contribution < 1.29 is 23.8 Å². The fraction of sp³-hybridized carbons (Fsp3) is 0.556. The van der Waals surface area contributed by atoms with E-state index in [1.54, 1.807) is 0 Å². The molecule has 1 unspecified atom stereocenters. The molecule has 5 nitrogen and oxygen atoms in total. The van der Waals surface area contributed by atoms with Gasteiger partial charge in [-0.2, -0.15) is 0 Å². The Morgan fingerprint density at radius 3 is 2.42 bits per heavy atom. The molecule has 0 spiro atoms. The van der Waals surface area contributed by atoms with Crippen LogP contribution in [0.25, 0.3) is 0 Å². The minimum Gasteiger partial charge on any atom is -0.478 e. The number of nitrogens with one attached hydrogen (secondary N) is 1. The number of halogens is 1.